The van der Waals surface area contributed by atoms with Gasteiger partial charge in [0.1, 0.15) is 19.3 Å². The largest absolute Gasteiger partial charge is 0.472 e. The summed E-state index contributed by atoms with van der Waals surface area (Å²) in [5.74, 6) is -1.40. The SMILES string of the molecule is CCCCCCCCCCCCCCC(=O)O[C@H](COC(=O)CCCCCCCCCCCCC)COP(=O)(O)OC[C@@H](O)COP(=O)(O)OC[C@@H](COC(=O)CCCCCCCCC(C)CC)OC(=O)CCCCCCCCCCCCC. The predicted molar refractivity (Wildman–Crippen MR) is 335 cm³/mol. The lowest BCUT2D eigenvalue weighted by Crippen LogP contribution is -2.30. The minimum absolute atomic E-state index is 0.106. The number of hydrogen-bond donors (Lipinski definition) is 3. The Bertz CT molecular complexity index is 1640. The van der Waals surface area contributed by atoms with E-state index in [1.165, 1.54) is 148 Å². The van der Waals surface area contributed by atoms with Crippen LogP contribution in [0.3, 0.4) is 0 Å². The molecule has 6 atom stereocenters. The van der Waals surface area contributed by atoms with E-state index < -0.39 is 97.5 Å². The molecule has 0 aliphatic rings. The lowest BCUT2D eigenvalue weighted by Gasteiger charge is -2.21. The highest BCUT2D eigenvalue weighted by atomic mass is 31.2. The van der Waals surface area contributed by atoms with Crippen molar-refractivity contribution in [2.75, 3.05) is 39.6 Å². The summed E-state index contributed by atoms with van der Waals surface area (Å²) in [6.07, 6.45) is 42.9. The number of phosphoric ester groups is 2. The Morgan fingerprint density at radius 1 is 0.333 bits per heavy atom. The van der Waals surface area contributed by atoms with Crippen molar-refractivity contribution in [2.45, 2.75) is 348 Å². The van der Waals surface area contributed by atoms with Gasteiger partial charge in [0.15, 0.2) is 12.2 Å². The standard InChI is InChI=1S/C65H126O17P2/c1-6-10-13-16-19-22-25-28-31-34-41-46-51-65(70)81-60(54-75-62(67)48-43-38-32-29-26-23-20-17-14-11-7-2)56-79-83(71,72)77-52-59(66)53-78-84(73,74)80-57-61(55-76-63(68)49-44-39-36-35-37-42-47-58(5)9-4)82-64(69)50-45-40-33-30-27-24-21-18-15-12-8-3/h58-61,66H,6-57H2,1-5H3,(H,71,72)(H,73,74)/t58?,59-,60-,61-/m1/s1. The zero-order valence-electron chi connectivity index (χ0n) is 54.0. The molecule has 0 rings (SSSR count). The Labute approximate surface area is 511 Å². The van der Waals surface area contributed by atoms with Gasteiger partial charge in [0.25, 0.3) is 0 Å². The van der Waals surface area contributed by atoms with Crippen molar-refractivity contribution in [3.05, 3.63) is 0 Å². The number of esters is 4. The van der Waals surface area contributed by atoms with Crippen molar-refractivity contribution in [2.24, 2.45) is 5.92 Å². The molecule has 0 saturated heterocycles. The molecule has 0 aromatic heterocycles. The Morgan fingerprint density at radius 2 is 0.571 bits per heavy atom. The third-order valence-electron chi connectivity index (χ3n) is 15.4. The van der Waals surface area contributed by atoms with Crippen molar-refractivity contribution in [3.8, 4) is 0 Å². The summed E-state index contributed by atoms with van der Waals surface area (Å²) in [4.78, 5) is 72.3. The zero-order chi connectivity index (χ0) is 62.0. The van der Waals surface area contributed by atoms with Gasteiger partial charge in [-0.3, -0.25) is 37.3 Å². The maximum Gasteiger partial charge on any atom is 0.472 e. The smallest absolute Gasteiger partial charge is 0.462 e. The Morgan fingerprint density at radius 3 is 0.845 bits per heavy atom. The lowest BCUT2D eigenvalue weighted by molar-refractivity contribution is -0.161. The van der Waals surface area contributed by atoms with Crippen LogP contribution < -0.4 is 0 Å². The second-order valence-corrected chi connectivity index (χ2v) is 26.7. The normalized spacial score (nSPS) is 14.5. The number of hydrogen-bond acceptors (Lipinski definition) is 15. The molecule has 3 N–H and O–H groups in total. The number of aliphatic hydroxyl groups is 1. The number of aliphatic hydroxyl groups excluding tert-OH is 1. The van der Waals surface area contributed by atoms with Crippen molar-refractivity contribution in [3.63, 3.8) is 0 Å². The molecular weight excluding hydrogens is 1110 g/mol. The summed E-state index contributed by atoms with van der Waals surface area (Å²) in [5, 5.41) is 10.5. The second kappa shape index (κ2) is 58.7. The van der Waals surface area contributed by atoms with Gasteiger partial charge in [-0.2, -0.15) is 0 Å². The summed E-state index contributed by atoms with van der Waals surface area (Å²) in [6, 6.07) is 0. The number of carbonyl (C=O) groups is 4. The van der Waals surface area contributed by atoms with E-state index in [9.17, 15) is 43.2 Å². The van der Waals surface area contributed by atoms with E-state index in [1.807, 2.05) is 0 Å². The lowest BCUT2D eigenvalue weighted by atomic mass is 10.00. The molecule has 0 aromatic carbocycles. The highest BCUT2D eigenvalue weighted by Crippen LogP contribution is 2.45. The fourth-order valence-electron chi connectivity index (χ4n) is 9.73. The molecule has 19 heteroatoms. The number of ether oxygens (including phenoxy) is 4. The minimum atomic E-state index is -4.94. The number of rotatable bonds is 65. The number of phosphoric acid groups is 2. The molecule has 0 spiro atoms. The van der Waals surface area contributed by atoms with Gasteiger partial charge in [-0.05, 0) is 31.6 Å². The topological polar surface area (TPSA) is 237 Å². The average molecular weight is 1240 g/mol. The molecular formula is C65H126O17P2. The van der Waals surface area contributed by atoms with E-state index in [2.05, 4.69) is 34.6 Å². The molecule has 17 nitrogen and oxygen atoms in total. The van der Waals surface area contributed by atoms with E-state index in [0.717, 1.165) is 102 Å². The van der Waals surface area contributed by atoms with E-state index in [4.69, 9.17) is 37.0 Å². The van der Waals surface area contributed by atoms with E-state index in [1.54, 1.807) is 0 Å². The maximum atomic E-state index is 13.0. The average Bonchev–Trinajstić information content (AvgIpc) is 3.62. The Kier molecular flexibility index (Phi) is 57.4. The second-order valence-electron chi connectivity index (χ2n) is 23.7. The molecule has 0 aliphatic heterocycles. The maximum absolute atomic E-state index is 13.0. The zero-order valence-corrected chi connectivity index (χ0v) is 55.8. The first-order valence-electron chi connectivity index (χ1n) is 34.2. The van der Waals surface area contributed by atoms with E-state index in [0.29, 0.717) is 25.7 Å². The molecule has 0 radical (unpaired) electrons. The van der Waals surface area contributed by atoms with E-state index >= 15 is 0 Å². The first kappa shape index (κ1) is 82.1. The van der Waals surface area contributed by atoms with Crippen molar-refractivity contribution in [1.82, 2.24) is 0 Å². The van der Waals surface area contributed by atoms with Gasteiger partial charge in [-0.25, -0.2) is 9.13 Å². The summed E-state index contributed by atoms with van der Waals surface area (Å²) >= 11 is 0. The van der Waals surface area contributed by atoms with Crippen LogP contribution in [0.25, 0.3) is 0 Å². The van der Waals surface area contributed by atoms with Crippen LogP contribution in [0.15, 0.2) is 0 Å². The van der Waals surface area contributed by atoms with Crippen molar-refractivity contribution < 1.29 is 80.2 Å². The predicted octanol–water partition coefficient (Wildman–Crippen LogP) is 18.2. The van der Waals surface area contributed by atoms with Crippen LogP contribution in [0.1, 0.15) is 330 Å². The van der Waals surface area contributed by atoms with Gasteiger partial charge < -0.3 is 33.8 Å². The molecule has 498 valence electrons. The van der Waals surface area contributed by atoms with Crippen LogP contribution in [0.4, 0.5) is 0 Å². The first-order valence-corrected chi connectivity index (χ1v) is 37.2. The van der Waals surface area contributed by atoms with Gasteiger partial charge >= 0.3 is 39.5 Å². The molecule has 0 aliphatic carbocycles. The van der Waals surface area contributed by atoms with E-state index in [-0.39, 0.29) is 25.7 Å². The quantitative estimate of drug-likeness (QED) is 0.0222. The fourth-order valence-corrected chi connectivity index (χ4v) is 11.3. The van der Waals surface area contributed by atoms with Crippen LogP contribution in [-0.2, 0) is 65.4 Å². The summed E-state index contributed by atoms with van der Waals surface area (Å²) in [6.45, 7) is 7.16. The van der Waals surface area contributed by atoms with Crippen molar-refractivity contribution >= 4 is 39.5 Å². The Balaban J connectivity index is 5.25. The van der Waals surface area contributed by atoms with Crippen LogP contribution in [-0.4, -0.2) is 96.7 Å². The third kappa shape index (κ3) is 57.8. The molecule has 3 unspecified atom stereocenters. The molecule has 0 bridgehead atoms. The Hall–Kier alpha value is -1.94. The van der Waals surface area contributed by atoms with Crippen LogP contribution in [0, 0.1) is 5.92 Å². The van der Waals surface area contributed by atoms with Gasteiger partial charge in [0.05, 0.1) is 26.4 Å². The fraction of sp³-hybridized carbons (Fsp3) is 0.938. The van der Waals surface area contributed by atoms with Gasteiger partial charge in [-0.1, -0.05) is 279 Å². The van der Waals surface area contributed by atoms with Crippen LogP contribution in [0.2, 0.25) is 0 Å². The van der Waals surface area contributed by atoms with Crippen LogP contribution >= 0.6 is 15.6 Å². The molecule has 0 saturated carbocycles. The molecule has 0 aromatic rings. The van der Waals surface area contributed by atoms with Crippen molar-refractivity contribution in [1.29, 1.82) is 0 Å². The summed E-state index contributed by atoms with van der Waals surface area (Å²) < 4.78 is 68.0. The monoisotopic (exact) mass is 1240 g/mol. The molecule has 0 fully saturated rings. The number of unbranched alkanes of at least 4 members (excludes halogenated alkanes) is 36. The molecule has 84 heavy (non-hydrogen) atoms. The van der Waals surface area contributed by atoms with Gasteiger partial charge in [-0.15, -0.1) is 0 Å². The summed E-state index contributed by atoms with van der Waals surface area (Å²) in [5.41, 5.74) is 0. The summed E-state index contributed by atoms with van der Waals surface area (Å²) in [7, 11) is -9.89. The highest BCUT2D eigenvalue weighted by Gasteiger charge is 2.30. The molecule has 0 amide bonds. The van der Waals surface area contributed by atoms with Gasteiger partial charge in [0, 0.05) is 25.7 Å². The van der Waals surface area contributed by atoms with Crippen LogP contribution in [0.5, 0.6) is 0 Å². The minimum Gasteiger partial charge on any atom is -0.462 e. The third-order valence-corrected chi connectivity index (χ3v) is 17.3. The number of carbonyl (C=O) groups excluding carboxylic acids is 4. The highest BCUT2D eigenvalue weighted by molar-refractivity contribution is 7.47. The first-order chi connectivity index (χ1) is 40.6. The van der Waals surface area contributed by atoms with Gasteiger partial charge in [0.2, 0.25) is 0 Å². The molecule has 0 heterocycles.